The second-order valence-electron chi connectivity index (χ2n) is 11.0. The number of rotatable bonds is 5. The molecule has 0 aromatic carbocycles. The van der Waals surface area contributed by atoms with Gasteiger partial charge in [0.25, 0.3) is 0 Å². The molecule has 0 N–H and O–H groups in total. The van der Waals surface area contributed by atoms with Crippen LogP contribution in [0.1, 0.15) is 69.8 Å². The minimum absolute atomic E-state index is 0.162. The van der Waals surface area contributed by atoms with Crippen molar-refractivity contribution in [1.29, 1.82) is 0 Å². The monoisotopic (exact) mass is 535 g/mol. The number of fused-ring (bicyclic) bond motifs is 1. The van der Waals surface area contributed by atoms with Crippen molar-refractivity contribution in [2.75, 3.05) is 13.1 Å². The number of halogens is 1. The Balaban J connectivity index is 1.38. The van der Waals surface area contributed by atoms with Crippen LogP contribution in [0.15, 0.2) is 36.8 Å². The molecule has 10 nitrogen and oxygen atoms in total. The summed E-state index contributed by atoms with van der Waals surface area (Å²) in [5.41, 5.74) is 4.20. The molecule has 0 radical (unpaired) electrons. The van der Waals surface area contributed by atoms with Crippen LogP contribution in [-0.4, -0.2) is 58.8 Å². The summed E-state index contributed by atoms with van der Waals surface area (Å²) in [6.45, 7) is 12.6. The molecule has 0 unspecified atom stereocenters. The van der Waals surface area contributed by atoms with E-state index in [0.29, 0.717) is 36.1 Å². The summed E-state index contributed by atoms with van der Waals surface area (Å²) in [5, 5.41) is 4.71. The molecule has 1 atom stereocenters. The number of pyridine rings is 1. The summed E-state index contributed by atoms with van der Waals surface area (Å²) in [4.78, 5) is 27.8. The SMILES string of the molecule is Cc1c(-c2cc3ncc(C)n3c(O[C@H](C)c3ccc(F)cn3)n2)cnn1C1CCN(C(=O)OC(C)(C)C)CC1. The quantitative estimate of drug-likeness (QED) is 0.335. The van der Waals surface area contributed by atoms with Gasteiger partial charge in [-0.25, -0.2) is 14.2 Å². The lowest BCUT2D eigenvalue weighted by Crippen LogP contribution is -2.42. The van der Waals surface area contributed by atoms with Gasteiger partial charge in [0.05, 0.1) is 29.8 Å². The second-order valence-corrected chi connectivity index (χ2v) is 11.0. The van der Waals surface area contributed by atoms with Gasteiger partial charge in [0, 0.05) is 42.3 Å². The number of ether oxygens (including phenoxy) is 2. The summed E-state index contributed by atoms with van der Waals surface area (Å²) in [6, 6.07) is 5.41. The van der Waals surface area contributed by atoms with E-state index < -0.39 is 17.5 Å². The van der Waals surface area contributed by atoms with Crippen LogP contribution in [0.5, 0.6) is 6.01 Å². The molecule has 206 valence electrons. The first-order valence-electron chi connectivity index (χ1n) is 13.2. The lowest BCUT2D eigenvalue weighted by atomic mass is 10.0. The van der Waals surface area contributed by atoms with Crippen LogP contribution < -0.4 is 4.74 Å². The van der Waals surface area contributed by atoms with E-state index in [-0.39, 0.29) is 12.1 Å². The van der Waals surface area contributed by atoms with E-state index in [1.54, 1.807) is 17.2 Å². The first-order valence-corrected chi connectivity index (χ1v) is 13.2. The molecule has 0 aliphatic carbocycles. The molecule has 0 bridgehead atoms. The third-order valence-electron chi connectivity index (χ3n) is 6.87. The third kappa shape index (κ3) is 5.57. The molecule has 0 spiro atoms. The number of imidazole rings is 1. The predicted molar refractivity (Wildman–Crippen MR) is 143 cm³/mol. The third-order valence-corrected chi connectivity index (χ3v) is 6.87. The molecule has 39 heavy (non-hydrogen) atoms. The first kappa shape index (κ1) is 26.6. The van der Waals surface area contributed by atoms with Crippen molar-refractivity contribution >= 4 is 11.7 Å². The van der Waals surface area contributed by atoms with Gasteiger partial charge < -0.3 is 14.4 Å². The fourth-order valence-corrected chi connectivity index (χ4v) is 4.84. The first-order chi connectivity index (χ1) is 18.5. The van der Waals surface area contributed by atoms with Gasteiger partial charge in [-0.2, -0.15) is 10.1 Å². The molecule has 0 saturated carbocycles. The van der Waals surface area contributed by atoms with E-state index in [0.717, 1.165) is 29.8 Å². The Kier molecular flexibility index (Phi) is 7.00. The molecular weight excluding hydrogens is 501 g/mol. The topological polar surface area (TPSA) is 99.7 Å². The number of hydrogen-bond donors (Lipinski definition) is 0. The van der Waals surface area contributed by atoms with Gasteiger partial charge in [-0.15, -0.1) is 0 Å². The molecule has 5 rings (SSSR count). The van der Waals surface area contributed by atoms with Crippen LogP contribution in [0.2, 0.25) is 0 Å². The maximum Gasteiger partial charge on any atom is 0.410 e. The van der Waals surface area contributed by atoms with Crippen molar-refractivity contribution in [2.45, 2.75) is 72.1 Å². The van der Waals surface area contributed by atoms with E-state index in [1.807, 2.05) is 62.9 Å². The smallest absolute Gasteiger partial charge is 0.410 e. The summed E-state index contributed by atoms with van der Waals surface area (Å²) in [6.07, 6.45) is 5.59. The minimum Gasteiger partial charge on any atom is -0.455 e. The van der Waals surface area contributed by atoms with Gasteiger partial charge in [-0.1, -0.05) is 0 Å². The van der Waals surface area contributed by atoms with Crippen LogP contribution in [-0.2, 0) is 4.74 Å². The van der Waals surface area contributed by atoms with Crippen LogP contribution in [0.25, 0.3) is 16.9 Å². The summed E-state index contributed by atoms with van der Waals surface area (Å²) in [5.74, 6) is -0.401. The molecule has 11 heteroatoms. The number of nitrogens with zero attached hydrogens (tertiary/aromatic N) is 7. The zero-order valence-electron chi connectivity index (χ0n) is 23.2. The number of hydrogen-bond acceptors (Lipinski definition) is 7. The van der Waals surface area contributed by atoms with Crippen molar-refractivity contribution < 1.29 is 18.7 Å². The van der Waals surface area contributed by atoms with Crippen molar-refractivity contribution in [2.24, 2.45) is 0 Å². The Morgan fingerprint density at radius 1 is 1.10 bits per heavy atom. The Labute approximate surface area is 226 Å². The number of piperidine rings is 1. The molecule has 1 fully saturated rings. The van der Waals surface area contributed by atoms with Crippen LogP contribution in [0.3, 0.4) is 0 Å². The van der Waals surface area contributed by atoms with Gasteiger partial charge in [0.1, 0.15) is 23.2 Å². The maximum atomic E-state index is 13.4. The fourth-order valence-electron chi connectivity index (χ4n) is 4.84. The number of aryl methyl sites for hydroxylation is 1. The number of carbonyl (C=O) groups is 1. The normalized spacial score (nSPS) is 15.5. The second kappa shape index (κ2) is 10.3. The van der Waals surface area contributed by atoms with Crippen molar-refractivity contribution in [3.05, 3.63) is 59.7 Å². The zero-order chi connectivity index (χ0) is 27.9. The molecule has 1 saturated heterocycles. The lowest BCUT2D eigenvalue weighted by Gasteiger charge is -2.33. The Hall–Kier alpha value is -4.02. The van der Waals surface area contributed by atoms with E-state index in [1.165, 1.54) is 12.3 Å². The summed E-state index contributed by atoms with van der Waals surface area (Å²) in [7, 11) is 0. The Bertz CT molecular complexity index is 1480. The molecule has 1 aliphatic heterocycles. The zero-order valence-corrected chi connectivity index (χ0v) is 23.2. The van der Waals surface area contributed by atoms with Crippen LogP contribution >= 0.6 is 0 Å². The van der Waals surface area contributed by atoms with Gasteiger partial charge in [-0.3, -0.25) is 14.1 Å². The Morgan fingerprint density at radius 3 is 2.51 bits per heavy atom. The predicted octanol–water partition coefficient (Wildman–Crippen LogP) is 5.46. The van der Waals surface area contributed by atoms with Gasteiger partial charge >= 0.3 is 12.1 Å². The lowest BCUT2D eigenvalue weighted by molar-refractivity contribution is 0.0184. The largest absolute Gasteiger partial charge is 0.455 e. The van der Waals surface area contributed by atoms with Gasteiger partial charge in [0.2, 0.25) is 0 Å². The minimum atomic E-state index is -0.515. The molecule has 1 aliphatic rings. The van der Waals surface area contributed by atoms with Crippen LogP contribution in [0.4, 0.5) is 9.18 Å². The van der Waals surface area contributed by atoms with Gasteiger partial charge in [-0.05, 0) is 66.5 Å². The van der Waals surface area contributed by atoms with E-state index in [4.69, 9.17) is 19.6 Å². The number of amides is 1. The van der Waals surface area contributed by atoms with E-state index >= 15 is 0 Å². The summed E-state index contributed by atoms with van der Waals surface area (Å²) < 4.78 is 29.0. The number of carbonyl (C=O) groups excluding carboxylic acids is 1. The highest BCUT2D eigenvalue weighted by Gasteiger charge is 2.29. The maximum absolute atomic E-state index is 13.4. The van der Waals surface area contributed by atoms with E-state index in [2.05, 4.69) is 9.97 Å². The highest BCUT2D eigenvalue weighted by Crippen LogP contribution is 2.31. The molecule has 1 amide bonds. The number of aromatic nitrogens is 6. The van der Waals surface area contributed by atoms with Crippen molar-refractivity contribution in [1.82, 2.24) is 34.0 Å². The molecule has 5 heterocycles. The fraction of sp³-hybridized carbons (Fsp3) is 0.464. The highest BCUT2D eigenvalue weighted by atomic mass is 19.1. The highest BCUT2D eigenvalue weighted by molar-refractivity contribution is 5.68. The van der Waals surface area contributed by atoms with Gasteiger partial charge in [0.15, 0.2) is 0 Å². The van der Waals surface area contributed by atoms with Crippen LogP contribution in [0, 0.1) is 19.7 Å². The molecule has 4 aromatic heterocycles. The molecule has 4 aromatic rings. The summed E-state index contributed by atoms with van der Waals surface area (Å²) >= 11 is 0. The molecular formula is C28H34FN7O3. The van der Waals surface area contributed by atoms with Crippen molar-refractivity contribution in [3.8, 4) is 17.3 Å². The standard InChI is InChI=1S/C28H34FN7O3/c1-17-14-31-25-13-24(33-26(35(17)25)38-19(3)23-8-7-20(29)15-30-23)22-16-32-36(18(22)2)21-9-11-34(12-10-21)27(37)39-28(4,5)6/h7-8,13-16,19,21H,9-12H2,1-6H3/t19-/m1/s1. The average Bonchev–Trinajstić information content (AvgIpc) is 3.46. The van der Waals surface area contributed by atoms with E-state index in [9.17, 15) is 9.18 Å². The Morgan fingerprint density at radius 2 is 1.85 bits per heavy atom. The van der Waals surface area contributed by atoms with Crippen molar-refractivity contribution in [3.63, 3.8) is 0 Å². The average molecular weight is 536 g/mol. The number of likely N-dealkylation sites (tertiary alicyclic amines) is 1.